The minimum absolute atomic E-state index is 0.0775. The van der Waals surface area contributed by atoms with Gasteiger partial charge in [0.2, 0.25) is 21.8 Å². The number of nitrogens with one attached hydrogen (secondary N) is 1. The zero-order valence-corrected chi connectivity index (χ0v) is 21.0. The monoisotopic (exact) mass is 493 g/mol. The summed E-state index contributed by atoms with van der Waals surface area (Å²) in [5.74, 6) is 0.389. The Morgan fingerprint density at radius 2 is 1.68 bits per heavy atom. The van der Waals surface area contributed by atoms with E-state index >= 15 is 0 Å². The Morgan fingerprint density at radius 1 is 1.00 bits per heavy atom. The van der Waals surface area contributed by atoms with Crippen LogP contribution < -0.4 is 23.8 Å². The van der Waals surface area contributed by atoms with Gasteiger partial charge in [0.15, 0.2) is 11.5 Å². The van der Waals surface area contributed by atoms with Gasteiger partial charge in [0.25, 0.3) is 0 Å². The predicted octanol–water partition coefficient (Wildman–Crippen LogP) is 1.64. The molecule has 1 atom stereocenters. The van der Waals surface area contributed by atoms with Gasteiger partial charge in [-0.3, -0.25) is 13.9 Å². The number of anilines is 1. The van der Waals surface area contributed by atoms with Crippen molar-refractivity contribution in [2.75, 3.05) is 45.5 Å². The Labute approximate surface area is 200 Å². The fourth-order valence-corrected chi connectivity index (χ4v) is 4.19. The lowest BCUT2D eigenvalue weighted by atomic mass is 10.1. The number of hydrogen-bond acceptors (Lipinski definition) is 7. The van der Waals surface area contributed by atoms with Gasteiger partial charge in [-0.1, -0.05) is 12.1 Å². The first-order chi connectivity index (χ1) is 16.0. The number of methoxy groups -OCH3 is 3. The molecule has 0 aromatic heterocycles. The number of hydrogen-bond donors (Lipinski definition) is 1. The third kappa shape index (κ3) is 6.53. The lowest BCUT2D eigenvalue weighted by Gasteiger charge is -2.31. The summed E-state index contributed by atoms with van der Waals surface area (Å²) in [5.41, 5.74) is 0.947. The molecule has 2 aromatic rings. The molecule has 0 unspecified atom stereocenters. The second-order valence-corrected chi connectivity index (χ2v) is 9.38. The largest absolute Gasteiger partial charge is 0.497 e. The second kappa shape index (κ2) is 11.6. The summed E-state index contributed by atoms with van der Waals surface area (Å²) in [5, 5.41) is 2.53. The summed E-state index contributed by atoms with van der Waals surface area (Å²) in [6.45, 7) is 1.14. The van der Waals surface area contributed by atoms with Crippen molar-refractivity contribution in [1.82, 2.24) is 10.2 Å². The van der Waals surface area contributed by atoms with Crippen LogP contribution in [0.3, 0.4) is 0 Å². The van der Waals surface area contributed by atoms with Crippen LogP contribution in [0.4, 0.5) is 5.69 Å². The first-order valence-corrected chi connectivity index (χ1v) is 12.2. The van der Waals surface area contributed by atoms with Crippen LogP contribution in [0, 0.1) is 0 Å². The Morgan fingerprint density at radius 3 is 2.24 bits per heavy atom. The van der Waals surface area contributed by atoms with Crippen molar-refractivity contribution in [3.63, 3.8) is 0 Å². The minimum Gasteiger partial charge on any atom is -0.497 e. The lowest BCUT2D eigenvalue weighted by Crippen LogP contribution is -2.50. The second-order valence-electron chi connectivity index (χ2n) is 7.47. The summed E-state index contributed by atoms with van der Waals surface area (Å²) < 4.78 is 42.0. The van der Waals surface area contributed by atoms with E-state index in [2.05, 4.69) is 5.32 Å². The fraction of sp³-hybridized carbons (Fsp3) is 0.391. The van der Waals surface area contributed by atoms with Gasteiger partial charge < -0.3 is 24.4 Å². The number of benzene rings is 2. The van der Waals surface area contributed by atoms with Gasteiger partial charge in [-0.25, -0.2) is 8.42 Å². The van der Waals surface area contributed by atoms with Crippen molar-refractivity contribution in [2.45, 2.75) is 19.5 Å². The molecule has 0 aliphatic heterocycles. The highest BCUT2D eigenvalue weighted by molar-refractivity contribution is 7.92. The van der Waals surface area contributed by atoms with E-state index in [-0.39, 0.29) is 18.1 Å². The maximum absolute atomic E-state index is 13.4. The van der Waals surface area contributed by atoms with Crippen molar-refractivity contribution in [3.05, 3.63) is 48.0 Å². The quantitative estimate of drug-likeness (QED) is 0.506. The number of rotatable bonds is 11. The maximum atomic E-state index is 13.4. The molecule has 10 nitrogen and oxygen atoms in total. The van der Waals surface area contributed by atoms with Gasteiger partial charge in [-0.15, -0.1) is 0 Å². The standard InChI is InChI=1S/C23H31N3O7S/c1-16(23(28)24-2)25(14-17-8-7-9-19(12-17)31-3)22(27)15-26(34(6,29)30)18-10-11-20(32-4)21(13-18)33-5/h7-13,16H,14-15H2,1-6H3,(H,24,28)/t16-/m1/s1. The molecule has 2 aromatic carbocycles. The molecule has 11 heteroatoms. The third-order valence-corrected chi connectivity index (χ3v) is 6.38. The summed E-state index contributed by atoms with van der Waals surface area (Å²) in [6.07, 6.45) is 1.01. The molecule has 2 rings (SSSR count). The number of carbonyl (C=O) groups excluding carboxylic acids is 2. The molecule has 186 valence electrons. The molecular weight excluding hydrogens is 462 g/mol. The Kier molecular flexibility index (Phi) is 9.13. The van der Waals surface area contributed by atoms with E-state index in [4.69, 9.17) is 14.2 Å². The maximum Gasteiger partial charge on any atom is 0.244 e. The smallest absolute Gasteiger partial charge is 0.244 e. The summed E-state index contributed by atoms with van der Waals surface area (Å²) in [7, 11) is 2.04. The first kappa shape index (κ1) is 26.8. The molecule has 1 N–H and O–H groups in total. The molecule has 0 heterocycles. The van der Waals surface area contributed by atoms with E-state index in [1.54, 1.807) is 37.3 Å². The molecule has 0 spiro atoms. The SMILES string of the molecule is CNC(=O)[C@@H](C)N(Cc1cccc(OC)c1)C(=O)CN(c1ccc(OC)c(OC)c1)S(C)(=O)=O. The van der Waals surface area contributed by atoms with Crippen molar-refractivity contribution in [2.24, 2.45) is 0 Å². The molecule has 0 aliphatic rings. The van der Waals surface area contributed by atoms with E-state index in [9.17, 15) is 18.0 Å². The summed E-state index contributed by atoms with van der Waals surface area (Å²) in [6, 6.07) is 10.8. The molecular formula is C23H31N3O7S. The van der Waals surface area contributed by atoms with Crippen LogP contribution in [0.25, 0.3) is 0 Å². The molecule has 0 bridgehead atoms. The number of likely N-dealkylation sites (N-methyl/N-ethyl adjacent to an activating group) is 1. The van der Waals surface area contributed by atoms with Crippen LogP contribution in [-0.2, 0) is 26.2 Å². The van der Waals surface area contributed by atoms with Crippen LogP contribution in [0.5, 0.6) is 17.2 Å². The van der Waals surface area contributed by atoms with Crippen molar-refractivity contribution >= 4 is 27.5 Å². The van der Waals surface area contributed by atoms with Crippen molar-refractivity contribution < 1.29 is 32.2 Å². The molecule has 34 heavy (non-hydrogen) atoms. The highest BCUT2D eigenvalue weighted by Crippen LogP contribution is 2.32. The Bertz CT molecular complexity index is 1120. The number of ether oxygens (including phenoxy) is 3. The first-order valence-electron chi connectivity index (χ1n) is 10.4. The average molecular weight is 494 g/mol. The van der Waals surface area contributed by atoms with Gasteiger partial charge in [0.1, 0.15) is 18.3 Å². The van der Waals surface area contributed by atoms with Gasteiger partial charge in [-0.05, 0) is 36.8 Å². The molecule has 0 saturated carbocycles. The van der Waals surface area contributed by atoms with Crippen LogP contribution in [0.2, 0.25) is 0 Å². The zero-order chi connectivity index (χ0) is 25.5. The van der Waals surface area contributed by atoms with E-state index in [1.807, 2.05) is 0 Å². The van der Waals surface area contributed by atoms with Crippen molar-refractivity contribution in [1.29, 1.82) is 0 Å². The van der Waals surface area contributed by atoms with Crippen LogP contribution in [0.15, 0.2) is 42.5 Å². The third-order valence-electron chi connectivity index (χ3n) is 5.24. The summed E-state index contributed by atoms with van der Waals surface area (Å²) in [4.78, 5) is 27.1. The van der Waals surface area contributed by atoms with Gasteiger partial charge in [0, 0.05) is 19.7 Å². The van der Waals surface area contributed by atoms with Gasteiger partial charge >= 0.3 is 0 Å². The molecule has 2 amide bonds. The van der Waals surface area contributed by atoms with E-state index in [0.29, 0.717) is 17.2 Å². The number of amides is 2. The van der Waals surface area contributed by atoms with Gasteiger partial charge in [-0.2, -0.15) is 0 Å². The molecule has 0 saturated heterocycles. The van der Waals surface area contributed by atoms with Crippen LogP contribution >= 0.6 is 0 Å². The summed E-state index contributed by atoms with van der Waals surface area (Å²) >= 11 is 0. The highest BCUT2D eigenvalue weighted by atomic mass is 32.2. The number of carbonyl (C=O) groups is 2. The van der Waals surface area contributed by atoms with Crippen LogP contribution in [0.1, 0.15) is 12.5 Å². The van der Waals surface area contributed by atoms with E-state index < -0.39 is 28.5 Å². The molecule has 0 radical (unpaired) electrons. The highest BCUT2D eigenvalue weighted by Gasteiger charge is 2.30. The molecule has 0 aliphatic carbocycles. The number of sulfonamides is 1. The van der Waals surface area contributed by atoms with Crippen molar-refractivity contribution in [3.8, 4) is 17.2 Å². The predicted molar refractivity (Wildman–Crippen MR) is 129 cm³/mol. The van der Waals surface area contributed by atoms with Crippen LogP contribution in [-0.4, -0.2) is 72.4 Å². The minimum atomic E-state index is -3.86. The van der Waals surface area contributed by atoms with E-state index in [1.165, 1.54) is 45.4 Å². The zero-order valence-electron chi connectivity index (χ0n) is 20.2. The normalized spacial score (nSPS) is 11.8. The lowest BCUT2D eigenvalue weighted by molar-refractivity contribution is -0.139. The number of nitrogens with zero attached hydrogens (tertiary/aromatic N) is 2. The topological polar surface area (TPSA) is 114 Å². The Balaban J connectivity index is 2.43. The fourth-order valence-electron chi connectivity index (χ4n) is 3.35. The Hall–Kier alpha value is -3.47. The molecule has 0 fully saturated rings. The van der Waals surface area contributed by atoms with Gasteiger partial charge in [0.05, 0.1) is 33.3 Å². The average Bonchev–Trinajstić information content (AvgIpc) is 2.83. The van der Waals surface area contributed by atoms with E-state index in [0.717, 1.165) is 16.1 Å².